The van der Waals surface area contributed by atoms with Crippen LogP contribution < -0.4 is 19.5 Å². The molecule has 2 aromatic carbocycles. The highest BCUT2D eigenvalue weighted by Crippen LogP contribution is 2.40. The lowest BCUT2D eigenvalue weighted by Gasteiger charge is -2.39. The molecule has 1 heterocycles. The second kappa shape index (κ2) is 6.82. The molecular weight excluding hydrogens is 322 g/mol. The van der Waals surface area contributed by atoms with Gasteiger partial charge < -0.3 is 29.7 Å². The van der Waals surface area contributed by atoms with Crippen LogP contribution in [0.3, 0.4) is 0 Å². The average molecular weight is 345 g/mol. The summed E-state index contributed by atoms with van der Waals surface area (Å²) < 4.78 is 15.7. The van der Waals surface area contributed by atoms with E-state index in [-0.39, 0.29) is 13.0 Å². The molecule has 0 radical (unpaired) electrons. The molecule has 3 N–H and O–H groups in total. The monoisotopic (exact) mass is 345 g/mol. The molecule has 134 valence electrons. The summed E-state index contributed by atoms with van der Waals surface area (Å²) in [6, 6.07) is 10.8. The third kappa shape index (κ3) is 3.23. The van der Waals surface area contributed by atoms with Gasteiger partial charge in [-0.15, -0.1) is 0 Å². The van der Waals surface area contributed by atoms with E-state index in [1.807, 2.05) is 18.2 Å². The quantitative estimate of drug-likeness (QED) is 0.770. The van der Waals surface area contributed by atoms with Gasteiger partial charge in [0.05, 0.1) is 21.3 Å². The Kier molecular flexibility index (Phi) is 4.74. The van der Waals surface area contributed by atoms with Crippen LogP contribution in [0.15, 0.2) is 36.4 Å². The number of hydrogen-bond donors (Lipinski definition) is 3. The van der Waals surface area contributed by atoms with Gasteiger partial charge in [0.15, 0.2) is 11.5 Å². The number of aliphatic hydroxyl groups excluding tert-OH is 1. The van der Waals surface area contributed by atoms with Crippen molar-refractivity contribution in [3.8, 4) is 17.2 Å². The molecule has 0 aliphatic carbocycles. The number of methoxy groups -OCH3 is 3. The van der Waals surface area contributed by atoms with E-state index in [0.29, 0.717) is 22.8 Å². The fourth-order valence-corrected chi connectivity index (χ4v) is 3.19. The summed E-state index contributed by atoms with van der Waals surface area (Å²) in [6.45, 7) is 0.225. The van der Waals surface area contributed by atoms with Crippen molar-refractivity contribution in [2.45, 2.75) is 18.1 Å². The van der Waals surface area contributed by atoms with Crippen LogP contribution >= 0.6 is 0 Å². The third-order valence-corrected chi connectivity index (χ3v) is 4.61. The molecule has 0 bridgehead atoms. The summed E-state index contributed by atoms with van der Waals surface area (Å²) in [5.74, 6) is 1.91. The van der Waals surface area contributed by atoms with Crippen molar-refractivity contribution in [2.24, 2.45) is 0 Å². The van der Waals surface area contributed by atoms with Gasteiger partial charge in [0, 0.05) is 30.3 Å². The van der Waals surface area contributed by atoms with Gasteiger partial charge in [0.25, 0.3) is 0 Å². The Labute approximate surface area is 147 Å². The van der Waals surface area contributed by atoms with Crippen molar-refractivity contribution >= 4 is 5.69 Å². The van der Waals surface area contributed by atoms with Crippen LogP contribution in [0, 0.1) is 0 Å². The smallest absolute Gasteiger partial charge is 0.160 e. The van der Waals surface area contributed by atoms with E-state index in [0.717, 1.165) is 11.3 Å². The Morgan fingerprint density at radius 1 is 1.04 bits per heavy atom. The zero-order valence-electron chi connectivity index (χ0n) is 14.6. The molecule has 0 amide bonds. The molecule has 0 fully saturated rings. The Balaban J connectivity index is 1.87. The van der Waals surface area contributed by atoms with Gasteiger partial charge in [-0.25, -0.2) is 0 Å². The predicted molar refractivity (Wildman–Crippen MR) is 94.6 cm³/mol. The molecule has 1 aliphatic heterocycles. The second-order valence-electron chi connectivity index (χ2n) is 6.18. The Morgan fingerprint density at radius 2 is 1.80 bits per heavy atom. The van der Waals surface area contributed by atoms with Crippen molar-refractivity contribution in [3.63, 3.8) is 0 Å². The van der Waals surface area contributed by atoms with Gasteiger partial charge in [-0.1, -0.05) is 12.1 Å². The lowest BCUT2D eigenvalue weighted by atomic mass is 9.82. The molecule has 2 atom stereocenters. The molecule has 2 aromatic rings. The molecule has 3 rings (SSSR count). The zero-order chi connectivity index (χ0) is 18.0. The third-order valence-electron chi connectivity index (χ3n) is 4.61. The van der Waals surface area contributed by atoms with Crippen LogP contribution in [-0.4, -0.2) is 43.7 Å². The number of benzene rings is 2. The highest BCUT2D eigenvalue weighted by molar-refractivity contribution is 5.59. The summed E-state index contributed by atoms with van der Waals surface area (Å²) in [5, 5.41) is 25.0. The molecule has 6 nitrogen and oxygen atoms in total. The minimum Gasteiger partial charge on any atom is -0.497 e. The molecule has 1 aliphatic rings. The number of ether oxygens (including phenoxy) is 3. The van der Waals surface area contributed by atoms with Crippen LogP contribution in [0.4, 0.5) is 5.69 Å². The van der Waals surface area contributed by atoms with Gasteiger partial charge in [-0.2, -0.15) is 0 Å². The number of anilines is 1. The minimum absolute atomic E-state index is 0.225. The summed E-state index contributed by atoms with van der Waals surface area (Å²) in [7, 11) is 4.73. The maximum Gasteiger partial charge on any atom is 0.160 e. The number of β-amino-alcohol motifs (C(OH)–C–C–N with tert-alkyl or cyclic N) is 1. The number of aliphatic hydroxyl groups is 2. The number of nitrogens with one attached hydrogen (secondary N) is 1. The van der Waals surface area contributed by atoms with E-state index in [1.165, 1.54) is 0 Å². The maximum absolute atomic E-state index is 11.0. The van der Waals surface area contributed by atoms with Gasteiger partial charge in [-0.05, 0) is 23.8 Å². The zero-order valence-corrected chi connectivity index (χ0v) is 14.6. The molecule has 6 heteroatoms. The number of fused-ring (bicyclic) bond motifs is 1. The Bertz CT molecular complexity index is 763. The first-order valence-corrected chi connectivity index (χ1v) is 8.04. The van der Waals surface area contributed by atoms with Gasteiger partial charge in [0.1, 0.15) is 17.5 Å². The second-order valence-corrected chi connectivity index (χ2v) is 6.18. The highest BCUT2D eigenvalue weighted by atomic mass is 16.5. The van der Waals surface area contributed by atoms with Crippen molar-refractivity contribution in [2.75, 3.05) is 33.2 Å². The summed E-state index contributed by atoms with van der Waals surface area (Å²) in [4.78, 5) is 0. The molecular formula is C19H23NO5. The Hall–Kier alpha value is -2.44. The standard InChI is InChI=1S/C19H23NO5/c1-23-13-5-6-14-15(9-13)20-11-19(22,18(14)21)10-12-4-7-16(24-2)17(8-12)25-3/h4-9,18,20-22H,10-11H2,1-3H3. The van der Waals surface area contributed by atoms with E-state index >= 15 is 0 Å². The van der Waals surface area contributed by atoms with Crippen LogP contribution in [0.2, 0.25) is 0 Å². The van der Waals surface area contributed by atoms with Crippen molar-refractivity contribution in [1.29, 1.82) is 0 Å². The molecule has 0 aromatic heterocycles. The van der Waals surface area contributed by atoms with E-state index in [9.17, 15) is 10.2 Å². The first kappa shape index (κ1) is 17.4. The average Bonchev–Trinajstić information content (AvgIpc) is 2.64. The normalized spacial score (nSPS) is 21.9. The SMILES string of the molecule is COc1ccc2c(c1)NCC(O)(Cc1ccc(OC)c(OC)c1)C2O. The molecule has 0 spiro atoms. The molecule has 0 saturated carbocycles. The van der Waals surface area contributed by atoms with Crippen molar-refractivity contribution < 1.29 is 24.4 Å². The Morgan fingerprint density at radius 3 is 2.48 bits per heavy atom. The largest absolute Gasteiger partial charge is 0.497 e. The summed E-state index contributed by atoms with van der Waals surface area (Å²) >= 11 is 0. The van der Waals surface area contributed by atoms with Crippen LogP contribution in [0.5, 0.6) is 17.2 Å². The minimum atomic E-state index is -1.33. The van der Waals surface area contributed by atoms with Crippen molar-refractivity contribution in [3.05, 3.63) is 47.5 Å². The molecule has 25 heavy (non-hydrogen) atoms. The maximum atomic E-state index is 11.0. The number of rotatable bonds is 5. The van der Waals surface area contributed by atoms with Gasteiger partial charge in [0.2, 0.25) is 0 Å². The highest BCUT2D eigenvalue weighted by Gasteiger charge is 2.41. The first-order chi connectivity index (χ1) is 12.0. The van der Waals surface area contributed by atoms with Gasteiger partial charge in [-0.3, -0.25) is 0 Å². The molecule has 0 saturated heterocycles. The van der Waals surface area contributed by atoms with Gasteiger partial charge >= 0.3 is 0 Å². The van der Waals surface area contributed by atoms with Crippen LogP contribution in [0.25, 0.3) is 0 Å². The summed E-state index contributed by atoms with van der Waals surface area (Å²) in [6.07, 6.45) is -0.741. The number of hydrogen-bond acceptors (Lipinski definition) is 6. The van der Waals surface area contributed by atoms with E-state index in [4.69, 9.17) is 14.2 Å². The topological polar surface area (TPSA) is 80.2 Å². The van der Waals surface area contributed by atoms with E-state index in [2.05, 4.69) is 5.32 Å². The predicted octanol–water partition coefficient (Wildman–Crippen LogP) is 2.15. The fraction of sp³-hybridized carbons (Fsp3) is 0.368. The van der Waals surface area contributed by atoms with Crippen molar-refractivity contribution in [1.82, 2.24) is 0 Å². The fourth-order valence-electron chi connectivity index (χ4n) is 3.19. The van der Waals surface area contributed by atoms with Crippen LogP contribution in [-0.2, 0) is 6.42 Å². The lowest BCUT2D eigenvalue weighted by Crippen LogP contribution is -2.48. The van der Waals surface area contributed by atoms with Crippen LogP contribution in [0.1, 0.15) is 17.2 Å². The van der Waals surface area contributed by atoms with E-state index < -0.39 is 11.7 Å². The van der Waals surface area contributed by atoms with E-state index in [1.54, 1.807) is 39.5 Å². The molecule has 2 unspecified atom stereocenters. The first-order valence-electron chi connectivity index (χ1n) is 8.04. The lowest BCUT2D eigenvalue weighted by molar-refractivity contribution is -0.0704. The summed E-state index contributed by atoms with van der Waals surface area (Å²) in [5.41, 5.74) is 0.929.